The molecule has 0 aliphatic carbocycles. The summed E-state index contributed by atoms with van der Waals surface area (Å²) in [6.07, 6.45) is 4.84. The maximum atomic E-state index is 9.02. The minimum absolute atomic E-state index is 0.384. The molecule has 3 heteroatoms. The SMILES string of the molecule is CCCCCC(C)Nc1ccc(Cl)cc1C#N. The van der Waals surface area contributed by atoms with Crippen LogP contribution in [0.25, 0.3) is 0 Å². The second-order valence-electron chi connectivity index (χ2n) is 4.34. The first-order valence-electron chi connectivity index (χ1n) is 6.13. The van der Waals surface area contributed by atoms with E-state index in [-0.39, 0.29) is 0 Å². The zero-order valence-electron chi connectivity index (χ0n) is 10.5. The van der Waals surface area contributed by atoms with E-state index in [4.69, 9.17) is 16.9 Å². The lowest BCUT2D eigenvalue weighted by atomic mass is 10.1. The van der Waals surface area contributed by atoms with Crippen molar-refractivity contribution in [3.63, 3.8) is 0 Å². The Kier molecular flexibility index (Phi) is 5.86. The number of unbranched alkanes of at least 4 members (excludes halogenated alkanes) is 2. The van der Waals surface area contributed by atoms with Gasteiger partial charge >= 0.3 is 0 Å². The fraction of sp³-hybridized carbons (Fsp3) is 0.500. The third-order valence-corrected chi connectivity index (χ3v) is 2.98. The van der Waals surface area contributed by atoms with Crippen LogP contribution in [0.3, 0.4) is 0 Å². The van der Waals surface area contributed by atoms with E-state index >= 15 is 0 Å². The first kappa shape index (κ1) is 13.9. The Morgan fingerprint density at radius 1 is 1.41 bits per heavy atom. The number of nitriles is 1. The minimum atomic E-state index is 0.384. The van der Waals surface area contributed by atoms with E-state index in [0.717, 1.165) is 12.1 Å². The van der Waals surface area contributed by atoms with Crippen molar-refractivity contribution in [2.45, 2.75) is 45.6 Å². The van der Waals surface area contributed by atoms with Crippen LogP contribution in [0.5, 0.6) is 0 Å². The van der Waals surface area contributed by atoms with E-state index in [1.807, 2.05) is 12.1 Å². The summed E-state index contributed by atoms with van der Waals surface area (Å²) in [5, 5.41) is 13.0. The molecular weight excluding hydrogens is 232 g/mol. The normalized spacial score (nSPS) is 11.9. The van der Waals surface area contributed by atoms with Crippen LogP contribution in [-0.4, -0.2) is 6.04 Å². The van der Waals surface area contributed by atoms with E-state index in [0.29, 0.717) is 16.6 Å². The molecule has 0 radical (unpaired) electrons. The second kappa shape index (κ2) is 7.19. The Hall–Kier alpha value is -1.20. The van der Waals surface area contributed by atoms with Crippen LogP contribution in [0.15, 0.2) is 18.2 Å². The monoisotopic (exact) mass is 250 g/mol. The molecule has 1 unspecified atom stereocenters. The van der Waals surface area contributed by atoms with Gasteiger partial charge in [0.2, 0.25) is 0 Å². The van der Waals surface area contributed by atoms with Crippen LogP contribution in [0.4, 0.5) is 5.69 Å². The third kappa shape index (κ3) is 4.66. The quantitative estimate of drug-likeness (QED) is 0.750. The number of benzene rings is 1. The number of hydrogen-bond acceptors (Lipinski definition) is 2. The first-order valence-corrected chi connectivity index (χ1v) is 6.51. The highest BCUT2D eigenvalue weighted by atomic mass is 35.5. The number of hydrogen-bond donors (Lipinski definition) is 1. The van der Waals surface area contributed by atoms with Gasteiger partial charge in [0.25, 0.3) is 0 Å². The molecule has 17 heavy (non-hydrogen) atoms. The van der Waals surface area contributed by atoms with Gasteiger partial charge in [-0.25, -0.2) is 0 Å². The molecule has 2 nitrogen and oxygen atoms in total. The summed E-state index contributed by atoms with van der Waals surface area (Å²) in [6.45, 7) is 4.34. The van der Waals surface area contributed by atoms with Crippen molar-refractivity contribution in [3.05, 3.63) is 28.8 Å². The summed E-state index contributed by atoms with van der Waals surface area (Å²) >= 11 is 5.86. The average Bonchev–Trinajstić information content (AvgIpc) is 2.32. The van der Waals surface area contributed by atoms with E-state index in [1.165, 1.54) is 19.3 Å². The Bertz CT molecular complexity index is 396. The molecule has 0 heterocycles. The highest BCUT2D eigenvalue weighted by molar-refractivity contribution is 6.30. The number of halogens is 1. The average molecular weight is 251 g/mol. The van der Waals surface area contributed by atoms with Gasteiger partial charge in [-0.05, 0) is 31.5 Å². The van der Waals surface area contributed by atoms with E-state index in [1.54, 1.807) is 6.07 Å². The summed E-state index contributed by atoms with van der Waals surface area (Å²) in [4.78, 5) is 0. The molecule has 92 valence electrons. The van der Waals surface area contributed by atoms with Gasteiger partial charge in [-0.3, -0.25) is 0 Å². The number of nitrogens with one attached hydrogen (secondary N) is 1. The van der Waals surface area contributed by atoms with Crippen LogP contribution in [0.2, 0.25) is 5.02 Å². The first-order chi connectivity index (χ1) is 8.17. The largest absolute Gasteiger partial charge is 0.382 e. The van der Waals surface area contributed by atoms with Crippen molar-refractivity contribution in [1.29, 1.82) is 5.26 Å². The molecule has 1 aromatic rings. The van der Waals surface area contributed by atoms with Gasteiger partial charge in [0.05, 0.1) is 11.3 Å². The lowest BCUT2D eigenvalue weighted by Gasteiger charge is -2.16. The zero-order valence-corrected chi connectivity index (χ0v) is 11.2. The molecule has 0 aliphatic heterocycles. The standard InChI is InChI=1S/C14H19ClN2/c1-3-4-5-6-11(2)17-14-8-7-13(15)9-12(14)10-16/h7-9,11,17H,3-6H2,1-2H3. The van der Waals surface area contributed by atoms with Crippen molar-refractivity contribution < 1.29 is 0 Å². The van der Waals surface area contributed by atoms with Gasteiger partial charge < -0.3 is 5.32 Å². The summed E-state index contributed by atoms with van der Waals surface area (Å²) in [5.41, 5.74) is 1.49. The molecule has 0 aromatic heterocycles. The molecule has 0 amide bonds. The fourth-order valence-corrected chi connectivity index (χ4v) is 1.95. The number of nitrogens with zero attached hydrogens (tertiary/aromatic N) is 1. The van der Waals surface area contributed by atoms with Crippen molar-refractivity contribution in [3.8, 4) is 6.07 Å². The summed E-state index contributed by atoms with van der Waals surface area (Å²) < 4.78 is 0. The predicted molar refractivity (Wildman–Crippen MR) is 73.4 cm³/mol. The summed E-state index contributed by atoms with van der Waals surface area (Å²) in [7, 11) is 0. The van der Waals surface area contributed by atoms with Crippen LogP contribution in [0.1, 0.15) is 45.1 Å². The lowest BCUT2D eigenvalue weighted by Crippen LogP contribution is -2.15. The maximum Gasteiger partial charge on any atom is 0.101 e. The Balaban J connectivity index is 2.59. The van der Waals surface area contributed by atoms with Crippen LogP contribution >= 0.6 is 11.6 Å². The van der Waals surface area contributed by atoms with Crippen molar-refractivity contribution in [1.82, 2.24) is 0 Å². The van der Waals surface area contributed by atoms with Gasteiger partial charge in [-0.2, -0.15) is 5.26 Å². The number of rotatable bonds is 6. The molecule has 0 bridgehead atoms. The van der Waals surface area contributed by atoms with Gasteiger partial charge in [-0.15, -0.1) is 0 Å². The smallest absolute Gasteiger partial charge is 0.101 e. The third-order valence-electron chi connectivity index (χ3n) is 2.74. The highest BCUT2D eigenvalue weighted by Gasteiger charge is 2.06. The van der Waals surface area contributed by atoms with Crippen LogP contribution in [-0.2, 0) is 0 Å². The Morgan fingerprint density at radius 3 is 2.82 bits per heavy atom. The fourth-order valence-electron chi connectivity index (χ4n) is 1.77. The molecule has 0 saturated heterocycles. The molecule has 1 aromatic carbocycles. The molecule has 1 N–H and O–H groups in total. The maximum absolute atomic E-state index is 9.02. The lowest BCUT2D eigenvalue weighted by molar-refractivity contribution is 0.615. The highest BCUT2D eigenvalue weighted by Crippen LogP contribution is 2.21. The molecular formula is C14H19ClN2. The topological polar surface area (TPSA) is 35.8 Å². The van der Waals surface area contributed by atoms with Gasteiger partial charge in [0.15, 0.2) is 0 Å². The molecule has 1 atom stereocenters. The molecule has 0 aliphatic rings. The summed E-state index contributed by atoms with van der Waals surface area (Å²) in [6, 6.07) is 7.92. The van der Waals surface area contributed by atoms with E-state index < -0.39 is 0 Å². The van der Waals surface area contributed by atoms with E-state index in [9.17, 15) is 0 Å². The van der Waals surface area contributed by atoms with E-state index in [2.05, 4.69) is 25.2 Å². The van der Waals surface area contributed by atoms with Crippen molar-refractivity contribution in [2.24, 2.45) is 0 Å². The predicted octanol–water partition coefficient (Wildman–Crippen LogP) is 4.59. The Labute approximate surface area is 109 Å². The molecule has 1 rings (SSSR count). The molecule has 0 saturated carbocycles. The number of anilines is 1. The molecule has 0 fully saturated rings. The van der Waals surface area contributed by atoms with Crippen molar-refractivity contribution >= 4 is 17.3 Å². The van der Waals surface area contributed by atoms with Crippen LogP contribution in [0, 0.1) is 11.3 Å². The zero-order chi connectivity index (χ0) is 12.7. The molecule has 0 spiro atoms. The Morgan fingerprint density at radius 2 is 2.18 bits per heavy atom. The van der Waals surface area contributed by atoms with Gasteiger partial charge in [0.1, 0.15) is 6.07 Å². The minimum Gasteiger partial charge on any atom is -0.382 e. The van der Waals surface area contributed by atoms with Gasteiger partial charge in [-0.1, -0.05) is 37.8 Å². The van der Waals surface area contributed by atoms with Crippen LogP contribution < -0.4 is 5.32 Å². The van der Waals surface area contributed by atoms with Crippen molar-refractivity contribution in [2.75, 3.05) is 5.32 Å². The van der Waals surface area contributed by atoms with Gasteiger partial charge in [0, 0.05) is 11.1 Å². The second-order valence-corrected chi connectivity index (χ2v) is 4.78. The summed E-state index contributed by atoms with van der Waals surface area (Å²) in [5.74, 6) is 0.